The van der Waals surface area contributed by atoms with Crippen LogP contribution < -0.4 is 16.0 Å². The highest BCUT2D eigenvalue weighted by atomic mass is 28.4. The second-order valence-corrected chi connectivity index (χ2v) is 18.7. The van der Waals surface area contributed by atoms with Crippen LogP contribution in [-0.4, -0.2) is 79.2 Å². The number of nitrogens with one attached hydrogen (secondary N) is 1. The van der Waals surface area contributed by atoms with Crippen molar-refractivity contribution in [3.63, 3.8) is 0 Å². The molecule has 3 aromatic rings. The molecule has 1 saturated heterocycles. The lowest BCUT2D eigenvalue weighted by molar-refractivity contribution is -0.151. The molecule has 3 heterocycles. The zero-order valence-electron chi connectivity index (χ0n) is 30.1. The van der Waals surface area contributed by atoms with E-state index < -0.39 is 37.5 Å². The summed E-state index contributed by atoms with van der Waals surface area (Å²) in [6.07, 6.45) is 0.884. The molecule has 0 saturated carbocycles. The maximum atomic E-state index is 14.8. The lowest BCUT2D eigenvalue weighted by Gasteiger charge is -2.37. The standard InChI is InChI=1S/C39H48N4O8Si/c1-24-36(52(3,4)49)33(21-34(45)43-22-27-10-6-5-9-26(27)19-30(43)23-44)51-39(24)31-20-29(41-37(47)25-12-14-28(40)15-13-25)16-17-32(31)42(38(39)48)18-8-7-11-35(46)50-2/h5-6,9-10,12-17,20,24,30,33,36,44,49H,7-8,11,18-19,21-23,40H2,1-4H3,(H,41,47)/t24-,30-,33+,36-,39+/m0/s1. The van der Waals surface area contributed by atoms with Crippen molar-refractivity contribution in [1.82, 2.24) is 4.90 Å². The number of fused-ring (bicyclic) bond motifs is 3. The highest BCUT2D eigenvalue weighted by Gasteiger charge is 2.66. The van der Waals surface area contributed by atoms with Crippen LogP contribution in [0, 0.1) is 5.92 Å². The van der Waals surface area contributed by atoms with Gasteiger partial charge in [-0.05, 0) is 85.9 Å². The van der Waals surface area contributed by atoms with Crippen molar-refractivity contribution in [2.24, 2.45) is 5.92 Å². The average molecular weight is 729 g/mol. The van der Waals surface area contributed by atoms with Gasteiger partial charge in [-0.15, -0.1) is 0 Å². The summed E-state index contributed by atoms with van der Waals surface area (Å²) in [5.41, 5.74) is 8.41. The van der Waals surface area contributed by atoms with Crippen molar-refractivity contribution in [3.8, 4) is 0 Å². The Hall–Kier alpha value is -4.56. The predicted molar refractivity (Wildman–Crippen MR) is 199 cm³/mol. The fourth-order valence-corrected chi connectivity index (χ4v) is 10.9. The van der Waals surface area contributed by atoms with Crippen LogP contribution in [0.2, 0.25) is 18.6 Å². The molecule has 3 aliphatic heterocycles. The molecule has 0 unspecified atom stereocenters. The number of amides is 3. The number of unbranched alkanes of at least 4 members (excludes halogenated alkanes) is 1. The van der Waals surface area contributed by atoms with Crippen LogP contribution in [0.5, 0.6) is 0 Å². The van der Waals surface area contributed by atoms with Gasteiger partial charge >= 0.3 is 5.97 Å². The van der Waals surface area contributed by atoms with Gasteiger partial charge in [-0.1, -0.05) is 31.2 Å². The molecular formula is C39H48N4O8Si. The third-order valence-electron chi connectivity index (χ3n) is 10.9. The molecule has 3 amide bonds. The molecule has 0 aromatic heterocycles. The molecule has 5 N–H and O–H groups in total. The summed E-state index contributed by atoms with van der Waals surface area (Å²) in [7, 11) is -1.76. The number of anilines is 3. The topological polar surface area (TPSA) is 172 Å². The van der Waals surface area contributed by atoms with Gasteiger partial charge in [0, 0.05) is 53.5 Å². The van der Waals surface area contributed by atoms with Crippen molar-refractivity contribution in [2.45, 2.75) is 82.0 Å². The Balaban J connectivity index is 1.34. The SMILES string of the molecule is COC(=O)CCCCN1C(=O)[C@]2(O[C@H](CC(=O)N3Cc4ccccc4C[C@H]3CO)[C@@H]([Si](C)(C)O)[C@@H]2C)c2cc(NC(=O)c3ccc(N)cc3)ccc21. The van der Waals surface area contributed by atoms with Crippen molar-refractivity contribution in [1.29, 1.82) is 0 Å². The Morgan fingerprint density at radius 2 is 1.77 bits per heavy atom. The Bertz CT molecular complexity index is 1850. The van der Waals surface area contributed by atoms with Gasteiger partial charge in [-0.25, -0.2) is 0 Å². The first-order valence-corrected chi connectivity index (χ1v) is 20.9. The zero-order chi connectivity index (χ0) is 37.4. The van der Waals surface area contributed by atoms with Crippen molar-refractivity contribution >= 4 is 49.1 Å². The van der Waals surface area contributed by atoms with Crippen LogP contribution in [-0.2, 0) is 42.4 Å². The van der Waals surface area contributed by atoms with E-state index >= 15 is 0 Å². The molecule has 0 aliphatic carbocycles. The number of carbonyl (C=O) groups is 4. The molecule has 5 atom stereocenters. The minimum Gasteiger partial charge on any atom is -0.469 e. The first kappa shape index (κ1) is 37.2. The number of nitrogen functional groups attached to an aromatic ring is 1. The molecular weight excluding hydrogens is 681 g/mol. The Labute approximate surface area is 305 Å². The van der Waals surface area contributed by atoms with Crippen LogP contribution in [0.25, 0.3) is 0 Å². The number of benzene rings is 3. The van der Waals surface area contributed by atoms with E-state index in [1.807, 2.05) is 31.2 Å². The van der Waals surface area contributed by atoms with E-state index in [1.165, 1.54) is 7.11 Å². The molecule has 0 bridgehead atoms. The maximum Gasteiger partial charge on any atom is 0.305 e. The number of esters is 1. The van der Waals surface area contributed by atoms with Crippen LogP contribution in [0.4, 0.5) is 17.1 Å². The first-order chi connectivity index (χ1) is 24.8. The van der Waals surface area contributed by atoms with E-state index in [0.29, 0.717) is 60.5 Å². The number of nitrogens with zero attached hydrogens (tertiary/aromatic N) is 2. The van der Waals surface area contributed by atoms with Crippen molar-refractivity contribution < 1.29 is 38.6 Å². The number of carbonyl (C=O) groups excluding carboxylic acids is 4. The molecule has 6 rings (SSSR count). The van der Waals surface area contributed by atoms with Crippen LogP contribution in [0.3, 0.4) is 0 Å². The number of nitrogens with two attached hydrogens (primary N) is 1. The third-order valence-corrected chi connectivity index (χ3v) is 13.4. The minimum absolute atomic E-state index is 0.0816. The van der Waals surface area contributed by atoms with Crippen molar-refractivity contribution in [2.75, 3.05) is 36.2 Å². The lowest BCUT2D eigenvalue weighted by Crippen LogP contribution is -2.48. The lowest BCUT2D eigenvalue weighted by atomic mass is 9.82. The summed E-state index contributed by atoms with van der Waals surface area (Å²) in [6, 6.07) is 19.3. The summed E-state index contributed by atoms with van der Waals surface area (Å²) >= 11 is 0. The van der Waals surface area contributed by atoms with Gasteiger partial charge in [0.2, 0.25) is 5.91 Å². The minimum atomic E-state index is -3.10. The first-order valence-electron chi connectivity index (χ1n) is 17.9. The number of aliphatic hydroxyl groups is 1. The Kier molecular flexibility index (Phi) is 10.6. The van der Waals surface area contributed by atoms with E-state index in [2.05, 4.69) is 5.32 Å². The van der Waals surface area contributed by atoms with Gasteiger partial charge in [0.15, 0.2) is 13.9 Å². The highest BCUT2D eigenvalue weighted by Crippen LogP contribution is 2.60. The molecule has 1 spiro atoms. The van der Waals surface area contributed by atoms with Gasteiger partial charge in [-0.3, -0.25) is 19.2 Å². The number of ether oxygens (including phenoxy) is 2. The second-order valence-electron chi connectivity index (χ2n) is 14.7. The monoisotopic (exact) mass is 728 g/mol. The second kappa shape index (κ2) is 14.8. The molecule has 3 aromatic carbocycles. The summed E-state index contributed by atoms with van der Waals surface area (Å²) in [6.45, 7) is 5.95. The smallest absolute Gasteiger partial charge is 0.305 e. The zero-order valence-corrected chi connectivity index (χ0v) is 31.1. The molecule has 13 heteroatoms. The Morgan fingerprint density at radius 3 is 2.44 bits per heavy atom. The maximum absolute atomic E-state index is 14.8. The third kappa shape index (κ3) is 6.97. The summed E-state index contributed by atoms with van der Waals surface area (Å²) in [5, 5.41) is 13.2. The summed E-state index contributed by atoms with van der Waals surface area (Å²) in [4.78, 5) is 69.2. The normalized spacial score (nSPS) is 23.8. The fraction of sp³-hybridized carbons (Fsp3) is 0.436. The largest absolute Gasteiger partial charge is 0.469 e. The number of aliphatic hydroxyl groups excluding tert-OH is 1. The highest BCUT2D eigenvalue weighted by molar-refractivity contribution is 6.71. The van der Waals surface area contributed by atoms with E-state index in [1.54, 1.807) is 65.4 Å². The molecule has 0 radical (unpaired) electrons. The van der Waals surface area contributed by atoms with Crippen LogP contribution in [0.15, 0.2) is 66.7 Å². The van der Waals surface area contributed by atoms with E-state index in [-0.39, 0.29) is 43.1 Å². The molecule has 276 valence electrons. The molecule has 3 aliphatic rings. The number of rotatable bonds is 11. The van der Waals surface area contributed by atoms with E-state index in [9.17, 15) is 29.1 Å². The summed E-state index contributed by atoms with van der Waals surface area (Å²) < 4.78 is 11.7. The van der Waals surface area contributed by atoms with Gasteiger partial charge in [0.25, 0.3) is 11.8 Å². The fourth-order valence-electron chi connectivity index (χ4n) is 8.39. The van der Waals surface area contributed by atoms with Gasteiger partial charge in [0.05, 0.1) is 38.0 Å². The molecule has 1 fully saturated rings. The van der Waals surface area contributed by atoms with Crippen molar-refractivity contribution in [3.05, 3.63) is 89.0 Å². The van der Waals surface area contributed by atoms with Gasteiger partial charge in [0.1, 0.15) is 0 Å². The van der Waals surface area contributed by atoms with Crippen LogP contribution >= 0.6 is 0 Å². The number of hydrogen-bond acceptors (Lipinski definition) is 9. The molecule has 12 nitrogen and oxygen atoms in total. The van der Waals surface area contributed by atoms with Gasteiger partial charge in [-0.2, -0.15) is 0 Å². The van der Waals surface area contributed by atoms with E-state index in [0.717, 1.165) is 11.1 Å². The number of hydrogen-bond donors (Lipinski definition) is 4. The Morgan fingerprint density at radius 1 is 1.06 bits per heavy atom. The average Bonchev–Trinajstić information content (AvgIpc) is 3.55. The van der Waals surface area contributed by atoms with Gasteiger partial charge < -0.3 is 40.2 Å². The summed E-state index contributed by atoms with van der Waals surface area (Å²) in [5.74, 6) is -1.76. The number of methoxy groups -OCH3 is 1. The predicted octanol–water partition coefficient (Wildman–Crippen LogP) is 4.34. The van der Waals surface area contributed by atoms with Crippen LogP contribution in [0.1, 0.15) is 59.7 Å². The quantitative estimate of drug-likeness (QED) is 0.0970. The molecule has 52 heavy (non-hydrogen) atoms. The van der Waals surface area contributed by atoms with E-state index in [4.69, 9.17) is 15.2 Å².